The maximum absolute atomic E-state index is 13.3. The van der Waals surface area contributed by atoms with Crippen molar-refractivity contribution in [2.45, 2.75) is 25.8 Å². The summed E-state index contributed by atoms with van der Waals surface area (Å²) in [5, 5.41) is 21.7. The van der Waals surface area contributed by atoms with E-state index in [1.165, 1.54) is 6.07 Å². The number of aliphatic hydroxyl groups is 1. The van der Waals surface area contributed by atoms with Crippen LogP contribution in [0.4, 0.5) is 10.1 Å². The molecule has 0 radical (unpaired) electrons. The summed E-state index contributed by atoms with van der Waals surface area (Å²) in [5.41, 5.74) is -0.635. The van der Waals surface area contributed by atoms with E-state index in [1.807, 2.05) is 0 Å². The van der Waals surface area contributed by atoms with E-state index >= 15 is 0 Å². The predicted octanol–water partition coefficient (Wildman–Crippen LogP) is 1.62. The summed E-state index contributed by atoms with van der Waals surface area (Å²) in [4.78, 5) is 21.3. The average Bonchev–Trinajstić information content (AvgIpc) is 2.35. The number of hydrogen-bond donors (Lipinski definition) is 2. The molecule has 0 saturated heterocycles. The average molecular weight is 270 g/mol. The number of nitro benzene ring substituents is 1. The molecule has 0 aliphatic heterocycles. The lowest BCUT2D eigenvalue weighted by molar-refractivity contribution is -0.387. The lowest BCUT2D eigenvalue weighted by Crippen LogP contribution is -2.32. The quantitative estimate of drug-likeness (QED) is 0.607. The molecule has 0 heterocycles. The fraction of sp³-hybridized carbons (Fsp3) is 0.417. The number of carbonyl (C=O) groups is 1. The maximum atomic E-state index is 13.3. The largest absolute Gasteiger partial charge is 0.396 e. The Kier molecular flexibility index (Phi) is 5.37. The number of nitro groups is 1. The van der Waals surface area contributed by atoms with Gasteiger partial charge in [-0.05, 0) is 31.9 Å². The number of aliphatic hydroxyl groups excluding tert-OH is 1. The Labute approximate surface area is 109 Å². The van der Waals surface area contributed by atoms with Crippen molar-refractivity contribution >= 4 is 11.6 Å². The Morgan fingerprint density at radius 2 is 2.26 bits per heavy atom. The van der Waals surface area contributed by atoms with Crippen LogP contribution in [0.25, 0.3) is 0 Å². The number of rotatable bonds is 6. The van der Waals surface area contributed by atoms with Gasteiger partial charge in [-0.25, -0.2) is 0 Å². The van der Waals surface area contributed by atoms with E-state index in [4.69, 9.17) is 5.11 Å². The van der Waals surface area contributed by atoms with E-state index in [-0.39, 0.29) is 18.2 Å². The smallest absolute Gasteiger partial charge is 0.304 e. The first kappa shape index (κ1) is 15.0. The molecule has 1 aromatic carbocycles. The summed E-state index contributed by atoms with van der Waals surface area (Å²) >= 11 is 0. The van der Waals surface area contributed by atoms with Crippen molar-refractivity contribution in [2.75, 3.05) is 6.61 Å². The highest BCUT2D eigenvalue weighted by molar-refractivity contribution is 5.94. The van der Waals surface area contributed by atoms with Crippen molar-refractivity contribution in [2.24, 2.45) is 0 Å². The van der Waals surface area contributed by atoms with Gasteiger partial charge in [-0.3, -0.25) is 14.9 Å². The molecule has 0 aromatic heterocycles. The summed E-state index contributed by atoms with van der Waals surface area (Å²) in [7, 11) is 0. The zero-order chi connectivity index (χ0) is 14.4. The molecule has 1 rings (SSSR count). The van der Waals surface area contributed by atoms with Gasteiger partial charge in [0.05, 0.1) is 4.92 Å². The lowest BCUT2D eigenvalue weighted by atomic mass is 10.1. The van der Waals surface area contributed by atoms with E-state index in [1.54, 1.807) is 6.92 Å². The number of benzene rings is 1. The van der Waals surface area contributed by atoms with Crippen molar-refractivity contribution in [3.63, 3.8) is 0 Å². The number of carbonyl (C=O) groups excluding carboxylic acids is 1. The molecule has 1 amide bonds. The Morgan fingerprint density at radius 1 is 1.58 bits per heavy atom. The van der Waals surface area contributed by atoms with Crippen LogP contribution in [0.2, 0.25) is 0 Å². The standard InChI is InChI=1S/C12H15FN2O4/c1-8(3-2-6-16)14-12(17)9-4-5-11(15(18)19)10(13)7-9/h4-5,7-8,16H,2-3,6H2,1H3,(H,14,17). The molecule has 0 aliphatic rings. The summed E-state index contributed by atoms with van der Waals surface area (Å²) in [6.45, 7) is 1.79. The predicted molar refractivity (Wildman–Crippen MR) is 66.3 cm³/mol. The van der Waals surface area contributed by atoms with Gasteiger partial charge in [-0.1, -0.05) is 0 Å². The molecule has 104 valence electrons. The van der Waals surface area contributed by atoms with Gasteiger partial charge in [-0.15, -0.1) is 0 Å². The van der Waals surface area contributed by atoms with Gasteiger partial charge in [0.15, 0.2) is 0 Å². The third-order valence-corrected chi connectivity index (χ3v) is 2.58. The minimum atomic E-state index is -1.04. The van der Waals surface area contributed by atoms with Gasteiger partial charge < -0.3 is 10.4 Å². The molecule has 0 spiro atoms. The first-order valence-electron chi connectivity index (χ1n) is 5.81. The number of amides is 1. The van der Waals surface area contributed by atoms with Crippen LogP contribution in [0.15, 0.2) is 18.2 Å². The molecule has 19 heavy (non-hydrogen) atoms. The first-order chi connectivity index (χ1) is 8.95. The normalized spacial score (nSPS) is 11.9. The molecule has 0 aliphatic carbocycles. The molecule has 1 aromatic rings. The van der Waals surface area contributed by atoms with Gasteiger partial charge in [0.1, 0.15) is 0 Å². The van der Waals surface area contributed by atoms with Crippen molar-refractivity contribution in [1.29, 1.82) is 0 Å². The highest BCUT2D eigenvalue weighted by atomic mass is 19.1. The number of nitrogens with zero attached hydrogens (tertiary/aromatic N) is 1. The van der Waals surface area contributed by atoms with E-state index in [9.17, 15) is 19.3 Å². The first-order valence-corrected chi connectivity index (χ1v) is 5.81. The van der Waals surface area contributed by atoms with Crippen LogP contribution in [-0.2, 0) is 0 Å². The third-order valence-electron chi connectivity index (χ3n) is 2.58. The number of hydrogen-bond acceptors (Lipinski definition) is 4. The van der Waals surface area contributed by atoms with Crippen molar-refractivity contribution < 1.29 is 19.2 Å². The van der Waals surface area contributed by atoms with Crippen LogP contribution in [0.1, 0.15) is 30.1 Å². The Morgan fingerprint density at radius 3 is 2.79 bits per heavy atom. The Hall–Kier alpha value is -2.02. The molecule has 2 N–H and O–H groups in total. The van der Waals surface area contributed by atoms with Crippen LogP contribution in [0, 0.1) is 15.9 Å². The van der Waals surface area contributed by atoms with Crippen LogP contribution in [0.3, 0.4) is 0 Å². The maximum Gasteiger partial charge on any atom is 0.304 e. The molecular formula is C12H15FN2O4. The second-order valence-electron chi connectivity index (χ2n) is 4.16. The zero-order valence-electron chi connectivity index (χ0n) is 10.4. The lowest BCUT2D eigenvalue weighted by Gasteiger charge is -2.13. The van der Waals surface area contributed by atoms with Crippen LogP contribution in [-0.4, -0.2) is 28.6 Å². The Balaban J connectivity index is 2.72. The van der Waals surface area contributed by atoms with Gasteiger partial charge in [0, 0.05) is 24.3 Å². The van der Waals surface area contributed by atoms with Crippen LogP contribution >= 0.6 is 0 Å². The molecule has 0 fully saturated rings. The molecule has 0 bridgehead atoms. The molecule has 7 heteroatoms. The fourth-order valence-electron chi connectivity index (χ4n) is 1.57. The van der Waals surface area contributed by atoms with Crippen LogP contribution in [0.5, 0.6) is 0 Å². The van der Waals surface area contributed by atoms with E-state index < -0.39 is 22.3 Å². The van der Waals surface area contributed by atoms with Crippen molar-refractivity contribution in [3.05, 3.63) is 39.7 Å². The topological polar surface area (TPSA) is 92.5 Å². The van der Waals surface area contributed by atoms with Crippen molar-refractivity contribution in [1.82, 2.24) is 5.32 Å². The summed E-state index contributed by atoms with van der Waals surface area (Å²) in [6.07, 6.45) is 1.15. The zero-order valence-corrected chi connectivity index (χ0v) is 10.4. The minimum absolute atomic E-state index is 0.0268. The molecule has 1 atom stereocenters. The van der Waals surface area contributed by atoms with Gasteiger partial charge in [0.25, 0.3) is 5.91 Å². The summed E-state index contributed by atoms with van der Waals surface area (Å²) < 4.78 is 13.3. The monoisotopic (exact) mass is 270 g/mol. The third kappa shape index (κ3) is 4.29. The van der Waals surface area contributed by atoms with E-state index in [2.05, 4.69) is 5.32 Å². The number of halogens is 1. The second-order valence-corrected chi connectivity index (χ2v) is 4.16. The SMILES string of the molecule is CC(CCCO)NC(=O)c1ccc([N+](=O)[O-])c(F)c1. The van der Waals surface area contributed by atoms with E-state index in [0.29, 0.717) is 12.8 Å². The molecule has 1 unspecified atom stereocenters. The minimum Gasteiger partial charge on any atom is -0.396 e. The van der Waals surface area contributed by atoms with E-state index in [0.717, 1.165) is 12.1 Å². The van der Waals surface area contributed by atoms with Crippen LogP contribution < -0.4 is 5.32 Å². The number of nitrogens with one attached hydrogen (secondary N) is 1. The fourth-order valence-corrected chi connectivity index (χ4v) is 1.57. The molecule has 0 saturated carbocycles. The van der Waals surface area contributed by atoms with Gasteiger partial charge >= 0.3 is 5.69 Å². The molecular weight excluding hydrogens is 255 g/mol. The van der Waals surface area contributed by atoms with Crippen molar-refractivity contribution in [3.8, 4) is 0 Å². The Bertz CT molecular complexity index is 479. The summed E-state index contributed by atoms with van der Waals surface area (Å²) in [5.74, 6) is -1.54. The summed E-state index contributed by atoms with van der Waals surface area (Å²) in [6, 6.07) is 2.84. The second kappa shape index (κ2) is 6.79. The highest BCUT2D eigenvalue weighted by Crippen LogP contribution is 2.18. The van der Waals surface area contributed by atoms with Gasteiger partial charge in [0.2, 0.25) is 5.82 Å². The van der Waals surface area contributed by atoms with Gasteiger partial charge in [-0.2, -0.15) is 4.39 Å². The highest BCUT2D eigenvalue weighted by Gasteiger charge is 2.17. The molecule has 6 nitrogen and oxygen atoms in total.